The fourth-order valence-corrected chi connectivity index (χ4v) is 3.33. The second-order valence-corrected chi connectivity index (χ2v) is 6.95. The summed E-state index contributed by atoms with van der Waals surface area (Å²) in [7, 11) is 3.23. The Hall–Kier alpha value is -2.12. The van der Waals surface area contributed by atoms with Gasteiger partial charge < -0.3 is 19.3 Å². The molecule has 0 saturated carbocycles. The van der Waals surface area contributed by atoms with E-state index in [0.29, 0.717) is 41.8 Å². The molecular weight excluding hydrogens is 332 g/mol. The van der Waals surface area contributed by atoms with Crippen LogP contribution in [0, 0.1) is 0 Å². The maximum atomic E-state index is 5.45. The van der Waals surface area contributed by atoms with Crippen molar-refractivity contribution in [1.82, 2.24) is 20.4 Å². The quantitative estimate of drug-likeness (QED) is 0.814. The van der Waals surface area contributed by atoms with Crippen LogP contribution in [-0.4, -0.2) is 54.4 Å². The molecule has 7 heteroatoms. The highest BCUT2D eigenvalue weighted by Gasteiger charge is 2.21. The minimum atomic E-state index is 0.534. The van der Waals surface area contributed by atoms with Crippen molar-refractivity contribution in [3.05, 3.63) is 24.1 Å². The van der Waals surface area contributed by atoms with E-state index in [1.807, 2.05) is 18.2 Å². The molecule has 3 rings (SSSR count). The third-order valence-corrected chi connectivity index (χ3v) is 4.63. The molecule has 2 heterocycles. The zero-order valence-electron chi connectivity index (χ0n) is 16.0. The zero-order chi connectivity index (χ0) is 18.5. The Morgan fingerprint density at radius 3 is 2.58 bits per heavy atom. The van der Waals surface area contributed by atoms with Gasteiger partial charge in [-0.25, -0.2) is 0 Å². The predicted octanol–water partition coefficient (Wildman–Crippen LogP) is 2.72. The molecule has 0 bridgehead atoms. The first-order valence-corrected chi connectivity index (χ1v) is 9.12. The second kappa shape index (κ2) is 8.51. The van der Waals surface area contributed by atoms with Crippen LogP contribution in [0.2, 0.25) is 0 Å². The molecule has 0 atom stereocenters. The summed E-state index contributed by atoms with van der Waals surface area (Å²) < 4.78 is 16.1. The summed E-state index contributed by atoms with van der Waals surface area (Å²) in [4.78, 5) is 6.91. The predicted molar refractivity (Wildman–Crippen MR) is 99.4 cm³/mol. The summed E-state index contributed by atoms with van der Waals surface area (Å²) in [5.74, 6) is 2.54. The largest absolute Gasteiger partial charge is 0.493 e. The molecule has 26 heavy (non-hydrogen) atoms. The van der Waals surface area contributed by atoms with Crippen LogP contribution in [0.15, 0.2) is 22.7 Å². The van der Waals surface area contributed by atoms with E-state index < -0.39 is 0 Å². The lowest BCUT2D eigenvalue weighted by atomic mass is 10.0. The van der Waals surface area contributed by atoms with E-state index in [4.69, 9.17) is 14.0 Å². The van der Waals surface area contributed by atoms with E-state index >= 15 is 0 Å². The Bertz CT molecular complexity index is 709. The van der Waals surface area contributed by atoms with Crippen LogP contribution in [0.3, 0.4) is 0 Å². The molecule has 142 valence electrons. The number of aromatic nitrogens is 2. The van der Waals surface area contributed by atoms with Crippen LogP contribution in [0.5, 0.6) is 11.5 Å². The Morgan fingerprint density at radius 1 is 1.19 bits per heavy atom. The van der Waals surface area contributed by atoms with Gasteiger partial charge in [-0.2, -0.15) is 4.98 Å². The number of hydrogen-bond acceptors (Lipinski definition) is 7. The first-order chi connectivity index (χ1) is 12.6. The molecule has 1 aromatic carbocycles. The summed E-state index contributed by atoms with van der Waals surface area (Å²) in [6, 6.07) is 6.74. The normalized spacial score (nSPS) is 16.2. The van der Waals surface area contributed by atoms with Gasteiger partial charge in [0, 0.05) is 30.7 Å². The van der Waals surface area contributed by atoms with Crippen LogP contribution >= 0.6 is 0 Å². The summed E-state index contributed by atoms with van der Waals surface area (Å²) >= 11 is 0. The molecule has 2 aromatic rings. The molecule has 0 aliphatic carbocycles. The number of nitrogens with one attached hydrogen (secondary N) is 1. The fraction of sp³-hybridized carbons (Fsp3) is 0.579. The number of benzene rings is 1. The summed E-state index contributed by atoms with van der Waals surface area (Å²) in [6.45, 7) is 7.16. The molecule has 1 N–H and O–H groups in total. The molecule has 0 amide bonds. The highest BCUT2D eigenvalue weighted by atomic mass is 16.5. The Labute approximate surface area is 154 Å². The lowest BCUT2D eigenvalue weighted by Gasteiger charge is -2.32. The number of hydrogen-bond donors (Lipinski definition) is 1. The molecule has 1 aromatic heterocycles. The summed E-state index contributed by atoms with van der Waals surface area (Å²) in [5, 5.41) is 7.73. The number of rotatable bonds is 7. The molecule has 1 saturated heterocycles. The van der Waals surface area contributed by atoms with Crippen molar-refractivity contribution in [3.8, 4) is 22.9 Å². The molecule has 7 nitrogen and oxygen atoms in total. The molecule has 1 aliphatic rings. The van der Waals surface area contributed by atoms with Crippen molar-refractivity contribution in [1.29, 1.82) is 0 Å². The number of ether oxygens (including phenoxy) is 2. The number of methoxy groups -OCH3 is 2. The van der Waals surface area contributed by atoms with Gasteiger partial charge in [0.1, 0.15) is 0 Å². The smallest absolute Gasteiger partial charge is 0.241 e. The van der Waals surface area contributed by atoms with Crippen LogP contribution in [0.4, 0.5) is 0 Å². The van der Waals surface area contributed by atoms with Crippen molar-refractivity contribution in [2.75, 3.05) is 27.3 Å². The Morgan fingerprint density at radius 2 is 1.92 bits per heavy atom. The highest BCUT2D eigenvalue weighted by Crippen LogP contribution is 2.31. The fourth-order valence-electron chi connectivity index (χ4n) is 3.33. The van der Waals surface area contributed by atoms with Crippen molar-refractivity contribution in [2.24, 2.45) is 0 Å². The van der Waals surface area contributed by atoms with E-state index in [1.54, 1.807) is 14.2 Å². The molecule has 1 fully saturated rings. The van der Waals surface area contributed by atoms with E-state index in [2.05, 4.69) is 34.2 Å². The Balaban J connectivity index is 1.60. The topological polar surface area (TPSA) is 72.7 Å². The van der Waals surface area contributed by atoms with E-state index in [-0.39, 0.29) is 0 Å². The SMILES string of the molecule is COc1ccc(-c2noc(CN3CCC(NC(C)C)CC3)n2)cc1OC. The second-order valence-electron chi connectivity index (χ2n) is 6.95. The van der Waals surface area contributed by atoms with E-state index in [1.165, 1.54) is 0 Å². The van der Waals surface area contributed by atoms with Crippen molar-refractivity contribution in [2.45, 2.75) is 45.3 Å². The average molecular weight is 360 g/mol. The maximum absolute atomic E-state index is 5.45. The Kier molecular flexibility index (Phi) is 6.11. The van der Waals surface area contributed by atoms with Crippen molar-refractivity contribution < 1.29 is 14.0 Å². The molecule has 0 spiro atoms. The summed E-state index contributed by atoms with van der Waals surface area (Å²) in [5.41, 5.74) is 0.845. The third-order valence-electron chi connectivity index (χ3n) is 4.63. The van der Waals surface area contributed by atoms with Gasteiger partial charge in [0.2, 0.25) is 11.7 Å². The number of piperidine rings is 1. The van der Waals surface area contributed by atoms with Gasteiger partial charge in [-0.3, -0.25) is 4.90 Å². The van der Waals surface area contributed by atoms with Crippen LogP contribution < -0.4 is 14.8 Å². The van der Waals surface area contributed by atoms with Crippen LogP contribution in [-0.2, 0) is 6.54 Å². The lowest BCUT2D eigenvalue weighted by molar-refractivity contribution is 0.167. The first-order valence-electron chi connectivity index (χ1n) is 9.12. The van der Waals surface area contributed by atoms with Gasteiger partial charge in [0.05, 0.1) is 20.8 Å². The monoisotopic (exact) mass is 360 g/mol. The molecule has 1 aliphatic heterocycles. The third kappa shape index (κ3) is 4.53. The van der Waals surface area contributed by atoms with Gasteiger partial charge in [0.15, 0.2) is 11.5 Å². The standard InChI is InChI=1S/C19H28N4O3/c1-13(2)20-15-7-9-23(10-8-15)12-18-21-19(22-26-18)14-5-6-16(24-3)17(11-14)25-4/h5-6,11,13,15,20H,7-10,12H2,1-4H3. The minimum Gasteiger partial charge on any atom is -0.493 e. The van der Waals surface area contributed by atoms with Crippen molar-refractivity contribution in [3.63, 3.8) is 0 Å². The van der Waals surface area contributed by atoms with Crippen LogP contribution in [0.25, 0.3) is 11.4 Å². The van der Waals surface area contributed by atoms with Gasteiger partial charge in [-0.15, -0.1) is 0 Å². The molecule has 0 unspecified atom stereocenters. The zero-order valence-corrected chi connectivity index (χ0v) is 16.0. The highest BCUT2D eigenvalue weighted by molar-refractivity contribution is 5.60. The van der Waals surface area contributed by atoms with Gasteiger partial charge in [-0.1, -0.05) is 19.0 Å². The lowest BCUT2D eigenvalue weighted by Crippen LogP contribution is -2.44. The minimum absolute atomic E-state index is 0.534. The van der Waals surface area contributed by atoms with Gasteiger partial charge >= 0.3 is 0 Å². The van der Waals surface area contributed by atoms with Gasteiger partial charge in [-0.05, 0) is 31.0 Å². The van der Waals surface area contributed by atoms with Gasteiger partial charge in [0.25, 0.3) is 0 Å². The molecular formula is C19H28N4O3. The molecule has 0 radical (unpaired) electrons. The number of nitrogens with zero attached hydrogens (tertiary/aromatic N) is 3. The summed E-state index contributed by atoms with van der Waals surface area (Å²) in [6.07, 6.45) is 2.30. The number of likely N-dealkylation sites (tertiary alicyclic amines) is 1. The van der Waals surface area contributed by atoms with Crippen molar-refractivity contribution >= 4 is 0 Å². The van der Waals surface area contributed by atoms with E-state index in [0.717, 1.165) is 31.5 Å². The first kappa shape index (κ1) is 18.7. The maximum Gasteiger partial charge on any atom is 0.241 e. The van der Waals surface area contributed by atoms with E-state index in [9.17, 15) is 0 Å². The van der Waals surface area contributed by atoms with Crippen LogP contribution in [0.1, 0.15) is 32.6 Å². The average Bonchev–Trinajstić information content (AvgIpc) is 3.11.